The van der Waals surface area contributed by atoms with Gasteiger partial charge >= 0.3 is 0 Å². The molecule has 1 aromatic carbocycles. The second-order valence-electron chi connectivity index (χ2n) is 3.90. The van der Waals surface area contributed by atoms with Crippen molar-refractivity contribution in [2.24, 2.45) is 5.73 Å². The number of ether oxygens (including phenoxy) is 1. The molecule has 2 N–H and O–H groups in total. The Morgan fingerprint density at radius 1 is 1.33 bits per heavy atom. The molecule has 0 aliphatic carbocycles. The summed E-state index contributed by atoms with van der Waals surface area (Å²) >= 11 is 9.40. The lowest BCUT2D eigenvalue weighted by atomic mass is 10.2. The summed E-state index contributed by atoms with van der Waals surface area (Å²) in [6.07, 6.45) is 1.70. The molecule has 94 valence electrons. The zero-order chi connectivity index (χ0) is 13.1. The van der Waals surface area contributed by atoms with Gasteiger partial charge in [0.1, 0.15) is 5.75 Å². The number of hydrogen-bond acceptors (Lipinski definition) is 3. The maximum Gasteiger partial charge on any atom is 0.219 e. The first-order valence-electron chi connectivity index (χ1n) is 5.40. The van der Waals surface area contributed by atoms with Crippen molar-refractivity contribution in [3.8, 4) is 11.6 Å². The zero-order valence-electron chi connectivity index (χ0n) is 9.73. The molecular weight excluding hydrogens is 316 g/mol. The van der Waals surface area contributed by atoms with Gasteiger partial charge in [-0.25, -0.2) is 4.98 Å². The Labute approximate surface area is 119 Å². The molecule has 18 heavy (non-hydrogen) atoms. The fraction of sp³-hybridized carbons (Fsp3) is 0.154. The minimum Gasteiger partial charge on any atom is -0.437 e. The van der Waals surface area contributed by atoms with E-state index in [4.69, 9.17) is 22.1 Å². The van der Waals surface area contributed by atoms with Crippen LogP contribution >= 0.6 is 27.5 Å². The van der Waals surface area contributed by atoms with Gasteiger partial charge in [0.05, 0.1) is 5.02 Å². The quantitative estimate of drug-likeness (QED) is 0.914. The van der Waals surface area contributed by atoms with E-state index in [0.717, 1.165) is 10.0 Å². The minimum atomic E-state index is -0.0407. The summed E-state index contributed by atoms with van der Waals surface area (Å²) in [4.78, 5) is 4.19. The minimum absolute atomic E-state index is 0.0407. The Morgan fingerprint density at radius 2 is 2.11 bits per heavy atom. The molecule has 2 rings (SSSR count). The van der Waals surface area contributed by atoms with Crippen LogP contribution in [0.3, 0.4) is 0 Å². The van der Waals surface area contributed by atoms with E-state index in [1.165, 1.54) is 0 Å². The molecule has 0 aliphatic rings. The number of hydrogen-bond donors (Lipinski definition) is 1. The molecule has 1 aromatic heterocycles. The normalized spacial score (nSPS) is 12.2. The third-order valence-electron chi connectivity index (χ3n) is 2.39. The number of nitrogens with zero attached hydrogens (tertiary/aromatic N) is 1. The standard InChI is InChI=1S/C13H12BrClN2O/c1-8(16)9-2-5-13(17-7-9)18-12-6-10(14)3-4-11(12)15/h2-8H,16H2,1H3/t8-/m1/s1. The Hall–Kier alpha value is -1.10. The molecule has 0 amide bonds. The Morgan fingerprint density at radius 3 is 2.72 bits per heavy atom. The molecule has 1 heterocycles. The summed E-state index contributed by atoms with van der Waals surface area (Å²) in [5.41, 5.74) is 6.71. The summed E-state index contributed by atoms with van der Waals surface area (Å²) in [5.74, 6) is 1.05. The largest absolute Gasteiger partial charge is 0.437 e. The van der Waals surface area contributed by atoms with Gasteiger partial charge in [0.2, 0.25) is 5.88 Å². The molecule has 0 bridgehead atoms. The third kappa shape index (κ3) is 3.22. The van der Waals surface area contributed by atoms with Crippen molar-refractivity contribution < 1.29 is 4.74 Å². The summed E-state index contributed by atoms with van der Waals surface area (Å²) < 4.78 is 6.51. The maximum absolute atomic E-state index is 6.03. The van der Waals surface area contributed by atoms with Gasteiger partial charge < -0.3 is 10.5 Å². The lowest BCUT2D eigenvalue weighted by molar-refractivity contribution is 0.462. The van der Waals surface area contributed by atoms with Crippen LogP contribution in [-0.2, 0) is 0 Å². The maximum atomic E-state index is 6.03. The van der Waals surface area contributed by atoms with Gasteiger partial charge in [0.25, 0.3) is 0 Å². The highest BCUT2D eigenvalue weighted by Gasteiger charge is 2.06. The molecule has 1 atom stereocenters. The van der Waals surface area contributed by atoms with Crippen molar-refractivity contribution in [3.63, 3.8) is 0 Å². The van der Waals surface area contributed by atoms with Gasteiger partial charge in [-0.2, -0.15) is 0 Å². The highest BCUT2D eigenvalue weighted by atomic mass is 79.9. The average molecular weight is 328 g/mol. The molecule has 0 fully saturated rings. The molecule has 0 unspecified atom stereocenters. The van der Waals surface area contributed by atoms with Crippen molar-refractivity contribution in [1.82, 2.24) is 4.98 Å². The van der Waals surface area contributed by atoms with E-state index >= 15 is 0 Å². The van der Waals surface area contributed by atoms with Crippen LogP contribution in [0.2, 0.25) is 5.02 Å². The molecule has 0 aliphatic heterocycles. The van der Waals surface area contributed by atoms with Crippen molar-refractivity contribution in [1.29, 1.82) is 0 Å². The third-order valence-corrected chi connectivity index (χ3v) is 3.20. The SMILES string of the molecule is C[C@@H](N)c1ccc(Oc2cc(Br)ccc2Cl)nc1. The van der Waals surface area contributed by atoms with E-state index in [-0.39, 0.29) is 6.04 Å². The molecule has 5 heteroatoms. The second-order valence-corrected chi connectivity index (χ2v) is 5.22. The van der Waals surface area contributed by atoms with Crippen molar-refractivity contribution in [2.45, 2.75) is 13.0 Å². The lowest BCUT2D eigenvalue weighted by Gasteiger charge is -2.09. The Kier molecular flexibility index (Phi) is 4.22. The summed E-state index contributed by atoms with van der Waals surface area (Å²) in [6, 6.07) is 9.03. The van der Waals surface area contributed by atoms with Gasteiger partial charge in [0.15, 0.2) is 0 Å². The number of pyridine rings is 1. The first-order valence-corrected chi connectivity index (χ1v) is 6.58. The predicted molar refractivity (Wildman–Crippen MR) is 76.1 cm³/mol. The fourth-order valence-corrected chi connectivity index (χ4v) is 1.89. The average Bonchev–Trinajstić information content (AvgIpc) is 2.34. The Balaban J connectivity index is 2.21. The van der Waals surface area contributed by atoms with Gasteiger partial charge in [-0.15, -0.1) is 0 Å². The number of halogens is 2. The monoisotopic (exact) mass is 326 g/mol. The van der Waals surface area contributed by atoms with Crippen LogP contribution in [0.1, 0.15) is 18.5 Å². The van der Waals surface area contributed by atoms with Crippen molar-refractivity contribution in [2.75, 3.05) is 0 Å². The highest BCUT2D eigenvalue weighted by Crippen LogP contribution is 2.31. The molecule has 0 saturated heterocycles. The zero-order valence-corrected chi connectivity index (χ0v) is 12.1. The van der Waals surface area contributed by atoms with E-state index in [1.54, 1.807) is 24.4 Å². The molecule has 2 aromatic rings. The molecule has 3 nitrogen and oxygen atoms in total. The van der Waals surface area contributed by atoms with Crippen LogP contribution in [0.25, 0.3) is 0 Å². The number of nitrogens with two attached hydrogens (primary N) is 1. The van der Waals surface area contributed by atoms with Gasteiger partial charge in [-0.3, -0.25) is 0 Å². The number of benzene rings is 1. The van der Waals surface area contributed by atoms with Crippen LogP contribution < -0.4 is 10.5 Å². The number of rotatable bonds is 3. The van der Waals surface area contributed by atoms with Crippen LogP contribution in [0.15, 0.2) is 41.0 Å². The Bertz CT molecular complexity index is 543. The smallest absolute Gasteiger partial charge is 0.219 e. The topological polar surface area (TPSA) is 48.1 Å². The van der Waals surface area contributed by atoms with Crippen molar-refractivity contribution in [3.05, 3.63) is 51.6 Å². The summed E-state index contributed by atoms with van der Waals surface area (Å²) in [5, 5.41) is 0.538. The van der Waals surface area contributed by atoms with Crippen LogP contribution in [0.4, 0.5) is 0 Å². The molecule has 0 saturated carbocycles. The number of aromatic nitrogens is 1. The van der Waals surface area contributed by atoms with Gasteiger partial charge in [-0.1, -0.05) is 33.6 Å². The van der Waals surface area contributed by atoms with E-state index in [0.29, 0.717) is 16.7 Å². The van der Waals surface area contributed by atoms with Gasteiger partial charge in [-0.05, 0) is 30.7 Å². The predicted octanol–water partition coefficient (Wildman–Crippen LogP) is 4.31. The fourth-order valence-electron chi connectivity index (χ4n) is 1.39. The second kappa shape index (κ2) is 5.69. The van der Waals surface area contributed by atoms with Crippen LogP contribution in [0.5, 0.6) is 11.6 Å². The molecular formula is C13H12BrClN2O. The summed E-state index contributed by atoms with van der Waals surface area (Å²) in [6.45, 7) is 1.91. The first kappa shape index (κ1) is 13.3. The van der Waals surface area contributed by atoms with E-state index in [9.17, 15) is 0 Å². The lowest BCUT2D eigenvalue weighted by Crippen LogP contribution is -2.05. The highest BCUT2D eigenvalue weighted by molar-refractivity contribution is 9.10. The molecule has 0 spiro atoms. The first-order chi connectivity index (χ1) is 8.56. The van der Waals surface area contributed by atoms with Crippen LogP contribution in [0, 0.1) is 0 Å². The van der Waals surface area contributed by atoms with Gasteiger partial charge in [0, 0.05) is 22.8 Å². The van der Waals surface area contributed by atoms with E-state index < -0.39 is 0 Å². The molecule has 0 radical (unpaired) electrons. The van der Waals surface area contributed by atoms with E-state index in [1.807, 2.05) is 19.1 Å². The van der Waals surface area contributed by atoms with Crippen molar-refractivity contribution >= 4 is 27.5 Å². The van der Waals surface area contributed by atoms with Crippen LogP contribution in [-0.4, -0.2) is 4.98 Å². The van der Waals surface area contributed by atoms with E-state index in [2.05, 4.69) is 20.9 Å². The summed E-state index contributed by atoms with van der Waals surface area (Å²) in [7, 11) is 0.